The van der Waals surface area contributed by atoms with Crippen molar-refractivity contribution in [2.24, 2.45) is 11.1 Å². The number of piperidine rings is 1. The standard InChI is InChI=1S/C14H23N3O2S/c1-10-7-13(20(15,18)19)8-14(11(10)2)17-9-12-3-5-16-6-4-12/h7-8,12,16-17H,3-6,9H2,1-2H3,(H2,15,18,19). The molecule has 0 unspecified atom stereocenters. The molecule has 0 spiro atoms. The molecule has 1 aromatic carbocycles. The highest BCUT2D eigenvalue weighted by molar-refractivity contribution is 7.89. The molecule has 0 aliphatic carbocycles. The molecule has 1 heterocycles. The summed E-state index contributed by atoms with van der Waals surface area (Å²) in [5, 5.41) is 11.9. The van der Waals surface area contributed by atoms with Crippen LogP contribution in [0.5, 0.6) is 0 Å². The van der Waals surface area contributed by atoms with Crippen molar-refractivity contribution in [3.05, 3.63) is 23.3 Å². The van der Waals surface area contributed by atoms with Gasteiger partial charge in [0.15, 0.2) is 0 Å². The largest absolute Gasteiger partial charge is 0.385 e. The predicted molar refractivity (Wildman–Crippen MR) is 81.4 cm³/mol. The molecule has 0 saturated carbocycles. The quantitative estimate of drug-likeness (QED) is 0.783. The Morgan fingerprint density at radius 2 is 1.95 bits per heavy atom. The normalized spacial score (nSPS) is 17.1. The lowest BCUT2D eigenvalue weighted by Crippen LogP contribution is -2.31. The van der Waals surface area contributed by atoms with Crippen molar-refractivity contribution in [1.29, 1.82) is 0 Å². The van der Waals surface area contributed by atoms with Crippen molar-refractivity contribution in [2.75, 3.05) is 25.0 Å². The van der Waals surface area contributed by atoms with E-state index in [1.54, 1.807) is 12.1 Å². The maximum absolute atomic E-state index is 11.5. The van der Waals surface area contributed by atoms with Crippen LogP contribution in [0.1, 0.15) is 24.0 Å². The van der Waals surface area contributed by atoms with Crippen LogP contribution in [0, 0.1) is 19.8 Å². The van der Waals surface area contributed by atoms with Crippen LogP contribution in [-0.2, 0) is 10.0 Å². The maximum atomic E-state index is 11.5. The average molecular weight is 297 g/mol. The van der Waals surface area contributed by atoms with Gasteiger partial charge in [0.25, 0.3) is 0 Å². The van der Waals surface area contributed by atoms with Crippen molar-refractivity contribution in [3.8, 4) is 0 Å². The minimum atomic E-state index is -3.66. The van der Waals surface area contributed by atoms with Crippen LogP contribution in [0.25, 0.3) is 0 Å². The number of sulfonamides is 1. The van der Waals surface area contributed by atoms with E-state index in [9.17, 15) is 8.42 Å². The summed E-state index contributed by atoms with van der Waals surface area (Å²) in [6, 6.07) is 3.26. The molecule has 4 N–H and O–H groups in total. The highest BCUT2D eigenvalue weighted by Gasteiger charge is 2.15. The number of benzene rings is 1. The second kappa shape index (κ2) is 6.11. The smallest absolute Gasteiger partial charge is 0.238 e. The molecule has 1 aliphatic heterocycles. The Morgan fingerprint density at radius 1 is 1.30 bits per heavy atom. The Balaban J connectivity index is 2.15. The minimum Gasteiger partial charge on any atom is -0.385 e. The summed E-state index contributed by atoms with van der Waals surface area (Å²) in [7, 11) is -3.66. The lowest BCUT2D eigenvalue weighted by atomic mass is 9.98. The van der Waals surface area contributed by atoms with Gasteiger partial charge in [0.05, 0.1) is 4.90 Å². The topological polar surface area (TPSA) is 84.2 Å². The second-order valence-corrected chi connectivity index (χ2v) is 7.09. The highest BCUT2D eigenvalue weighted by atomic mass is 32.2. The number of primary sulfonamides is 1. The van der Waals surface area contributed by atoms with Crippen LogP contribution in [0.4, 0.5) is 5.69 Å². The van der Waals surface area contributed by atoms with E-state index in [1.807, 2.05) is 13.8 Å². The van der Waals surface area contributed by atoms with E-state index in [-0.39, 0.29) is 4.90 Å². The predicted octanol–water partition coefficient (Wildman–Crippen LogP) is 1.36. The Kier molecular flexibility index (Phi) is 4.67. The number of anilines is 1. The SMILES string of the molecule is Cc1cc(S(N)(=O)=O)cc(NCC2CCNCC2)c1C. The first kappa shape index (κ1) is 15.3. The summed E-state index contributed by atoms with van der Waals surface area (Å²) in [6.07, 6.45) is 2.31. The molecule has 0 bridgehead atoms. The fourth-order valence-electron chi connectivity index (χ4n) is 2.51. The van der Waals surface area contributed by atoms with Gasteiger partial charge in [0.2, 0.25) is 10.0 Å². The number of rotatable bonds is 4. The monoisotopic (exact) mass is 297 g/mol. The third-order valence-electron chi connectivity index (χ3n) is 4.01. The van der Waals surface area contributed by atoms with Gasteiger partial charge >= 0.3 is 0 Å². The maximum Gasteiger partial charge on any atom is 0.238 e. The first-order chi connectivity index (χ1) is 9.38. The number of nitrogens with one attached hydrogen (secondary N) is 2. The summed E-state index contributed by atoms with van der Waals surface area (Å²) in [5.74, 6) is 0.633. The van der Waals surface area contributed by atoms with E-state index >= 15 is 0 Å². The van der Waals surface area contributed by atoms with E-state index in [0.29, 0.717) is 5.92 Å². The Labute approximate surface area is 121 Å². The molecular weight excluding hydrogens is 274 g/mol. The van der Waals surface area contributed by atoms with Crippen molar-refractivity contribution < 1.29 is 8.42 Å². The first-order valence-electron chi connectivity index (χ1n) is 6.96. The third-order valence-corrected chi connectivity index (χ3v) is 4.90. The zero-order valence-electron chi connectivity index (χ0n) is 12.1. The number of hydrogen-bond donors (Lipinski definition) is 3. The van der Waals surface area contributed by atoms with Crippen LogP contribution in [0.3, 0.4) is 0 Å². The molecule has 0 radical (unpaired) electrons. The summed E-state index contributed by atoms with van der Waals surface area (Å²) in [5.41, 5.74) is 2.88. The van der Waals surface area contributed by atoms with Crippen LogP contribution in [0.2, 0.25) is 0 Å². The molecule has 5 nitrogen and oxygen atoms in total. The molecule has 20 heavy (non-hydrogen) atoms. The van der Waals surface area contributed by atoms with Crippen LogP contribution >= 0.6 is 0 Å². The van der Waals surface area contributed by atoms with Crippen LogP contribution in [-0.4, -0.2) is 28.1 Å². The highest BCUT2D eigenvalue weighted by Crippen LogP contribution is 2.24. The van der Waals surface area contributed by atoms with Crippen molar-refractivity contribution >= 4 is 15.7 Å². The van der Waals surface area contributed by atoms with E-state index in [0.717, 1.165) is 49.3 Å². The van der Waals surface area contributed by atoms with E-state index in [4.69, 9.17) is 5.14 Å². The minimum absolute atomic E-state index is 0.174. The zero-order chi connectivity index (χ0) is 14.8. The Hall–Kier alpha value is -1.11. The van der Waals surface area contributed by atoms with Gasteiger partial charge in [0, 0.05) is 12.2 Å². The summed E-state index contributed by atoms with van der Waals surface area (Å²) in [6.45, 7) is 6.88. The Bertz CT molecular complexity index is 578. The van der Waals surface area contributed by atoms with Crippen molar-refractivity contribution in [3.63, 3.8) is 0 Å². The lowest BCUT2D eigenvalue weighted by molar-refractivity contribution is 0.390. The fourth-order valence-corrected chi connectivity index (χ4v) is 3.14. The van der Waals surface area contributed by atoms with E-state index < -0.39 is 10.0 Å². The Morgan fingerprint density at radius 3 is 2.55 bits per heavy atom. The molecule has 0 aromatic heterocycles. The summed E-state index contributed by atoms with van der Waals surface area (Å²) >= 11 is 0. The van der Waals surface area contributed by atoms with Crippen LogP contribution < -0.4 is 15.8 Å². The zero-order valence-corrected chi connectivity index (χ0v) is 12.9. The van der Waals surface area contributed by atoms with Gasteiger partial charge in [-0.05, 0) is 69.0 Å². The van der Waals surface area contributed by atoms with Gasteiger partial charge < -0.3 is 10.6 Å². The van der Waals surface area contributed by atoms with Gasteiger partial charge in [-0.2, -0.15) is 0 Å². The second-order valence-electron chi connectivity index (χ2n) is 5.53. The van der Waals surface area contributed by atoms with Gasteiger partial charge in [0.1, 0.15) is 0 Å². The summed E-state index contributed by atoms with van der Waals surface area (Å²) in [4.78, 5) is 0.174. The van der Waals surface area contributed by atoms with Crippen LogP contribution in [0.15, 0.2) is 17.0 Å². The third kappa shape index (κ3) is 3.71. The number of hydrogen-bond acceptors (Lipinski definition) is 4. The van der Waals surface area contributed by atoms with Gasteiger partial charge in [-0.15, -0.1) is 0 Å². The summed E-state index contributed by atoms with van der Waals surface area (Å²) < 4.78 is 23.0. The molecule has 112 valence electrons. The van der Waals surface area contributed by atoms with Crippen molar-refractivity contribution in [1.82, 2.24) is 5.32 Å². The number of nitrogens with two attached hydrogens (primary N) is 1. The fraction of sp³-hybridized carbons (Fsp3) is 0.571. The van der Waals surface area contributed by atoms with Gasteiger partial charge in [-0.1, -0.05) is 0 Å². The van der Waals surface area contributed by atoms with Gasteiger partial charge in [-0.25, -0.2) is 13.6 Å². The van der Waals surface area contributed by atoms with Crippen molar-refractivity contribution in [2.45, 2.75) is 31.6 Å². The average Bonchev–Trinajstić information content (AvgIpc) is 2.40. The van der Waals surface area contributed by atoms with Gasteiger partial charge in [-0.3, -0.25) is 0 Å². The molecule has 1 aromatic rings. The molecule has 1 saturated heterocycles. The van der Waals surface area contributed by atoms with E-state index in [2.05, 4.69) is 10.6 Å². The molecule has 0 amide bonds. The molecule has 1 fully saturated rings. The molecule has 1 aliphatic rings. The molecule has 6 heteroatoms. The molecule has 0 atom stereocenters. The molecule has 2 rings (SSSR count). The lowest BCUT2D eigenvalue weighted by Gasteiger charge is -2.24. The molecular formula is C14H23N3O2S. The van der Waals surface area contributed by atoms with E-state index in [1.165, 1.54) is 0 Å². The first-order valence-corrected chi connectivity index (χ1v) is 8.51. The number of aryl methyl sites for hydroxylation is 1.